The van der Waals surface area contributed by atoms with Gasteiger partial charge in [-0.05, 0) is 398 Å². The molecule has 8 aliphatic carbocycles. The van der Waals surface area contributed by atoms with Gasteiger partial charge in [0.05, 0.1) is 74.5 Å². The minimum atomic E-state index is 0.912. The second-order valence-corrected chi connectivity index (χ2v) is 41.5. The Labute approximate surface area is 812 Å². The Balaban J connectivity index is 0.0000000829. The van der Waals surface area contributed by atoms with Gasteiger partial charge in [0.2, 0.25) is 0 Å². The van der Waals surface area contributed by atoms with Crippen molar-refractivity contribution in [3.05, 3.63) is 519 Å². The molecule has 0 radical (unpaired) electrons. The lowest BCUT2D eigenvalue weighted by Gasteiger charge is -2.40. The fourth-order valence-corrected chi connectivity index (χ4v) is 28.4. The van der Waals surface area contributed by atoms with Crippen LogP contribution in [-0.2, 0) is 103 Å². The van der Waals surface area contributed by atoms with Gasteiger partial charge in [0.25, 0.3) is 0 Å². The van der Waals surface area contributed by atoms with Gasteiger partial charge in [-0.1, -0.05) is 218 Å². The number of aromatic nitrogens is 4. The summed E-state index contributed by atoms with van der Waals surface area (Å²) in [6.45, 7) is 0. The minimum absolute atomic E-state index is 0.912. The van der Waals surface area contributed by atoms with Crippen molar-refractivity contribution in [3.63, 3.8) is 0 Å². The summed E-state index contributed by atoms with van der Waals surface area (Å²) in [7, 11) is 0. The summed E-state index contributed by atoms with van der Waals surface area (Å²) in [5, 5.41) is 0. The second kappa shape index (κ2) is 28.5. The van der Waals surface area contributed by atoms with Gasteiger partial charge in [-0.25, -0.2) is 4.98 Å². The summed E-state index contributed by atoms with van der Waals surface area (Å²) in [5.41, 5.74) is 83.5. The van der Waals surface area contributed by atoms with Crippen LogP contribution < -0.4 is 19.6 Å². The van der Waals surface area contributed by atoms with E-state index in [1.807, 2.05) is 24.8 Å². The molecule has 0 bridgehead atoms. The zero-order valence-corrected chi connectivity index (χ0v) is 77.2. The third-order valence-electron chi connectivity index (χ3n) is 34.3. The predicted molar refractivity (Wildman–Crippen MR) is 564 cm³/mol. The van der Waals surface area contributed by atoms with Crippen LogP contribution in [0.3, 0.4) is 0 Å². The van der Waals surface area contributed by atoms with Crippen molar-refractivity contribution in [3.8, 4) is 89.0 Å². The van der Waals surface area contributed by atoms with Crippen LogP contribution in [0.15, 0.2) is 340 Å². The second-order valence-electron chi connectivity index (χ2n) is 41.5. The predicted octanol–water partition coefficient (Wildman–Crippen LogP) is 30.0. The van der Waals surface area contributed by atoms with Crippen LogP contribution in [0, 0.1) is 0 Å². The van der Waals surface area contributed by atoms with Crippen LogP contribution in [0.25, 0.3) is 89.0 Å². The maximum Gasteiger partial charge on any atom is 0.141 e. The molecule has 8 aliphatic heterocycles. The van der Waals surface area contributed by atoms with E-state index in [4.69, 9.17) is 9.97 Å². The van der Waals surface area contributed by atoms with Gasteiger partial charge in [0.15, 0.2) is 0 Å². The van der Waals surface area contributed by atoms with E-state index in [1.54, 1.807) is 0 Å². The summed E-state index contributed by atoms with van der Waals surface area (Å²) < 4.78 is 0. The molecule has 16 aliphatic rings. The topological polar surface area (TPSA) is 64.5 Å². The van der Waals surface area contributed by atoms with Gasteiger partial charge in [0, 0.05) is 82.4 Å². The van der Waals surface area contributed by atoms with Gasteiger partial charge in [0.1, 0.15) is 5.82 Å². The minimum Gasteiger partial charge on any atom is -0.309 e. The van der Waals surface area contributed by atoms with Crippen LogP contribution in [-0.4, -0.2) is 19.9 Å². The lowest BCUT2D eigenvalue weighted by atomic mass is 9.82. The molecule has 8 heteroatoms. The molecular weight excluding hydrogens is 1700 g/mol. The number of fused-ring (bicyclic) bond motifs is 44. The van der Waals surface area contributed by atoms with E-state index in [2.05, 4.69) is 345 Å². The molecule has 0 atom stereocenters. The smallest absolute Gasteiger partial charge is 0.141 e. The standard InChI is InChI=1S/4C33H22N2/c1-3-9-25-19(6-1)12-22-18-31-23(15-27(22)25)16-30-29-14-20-7-2-4-10-26(20)28(29)17-24-13-21-8-5-11-34-33(21)35(31)32(24)30;1-3-8-24-19(6-1)12-21-13-22-14-23-16-27-25-9-4-2-7-20(25)15-28(27)29-17-30-31(10-5-11-34-30)35(33(23)29)32(22)18-26(21)24;1-3-7-25-19(5-1)11-21-12-22-13-23-15-28-26-8-4-2-6-20(26)14-29(28)30-16-24-18-34-10-9-31(24)35(33(23)30)32(22)17-27(21)25;1-3-7-25-19(5-1)11-22-12-23-13-24-16-28-26-8-4-2-6-20(26)14-29(28)30-15-21-9-10-34-18-32(21)35(33(24)30)31(23)17-27(22)25/h1-11,15,17-18H,12-14,16H2;1-11,13,16,18H,12,14-15,17H2;1-10,12,15,17-18H,11,13-14,16H2;1-10,12,16-18H,11,13-15H2. The number of benzene rings is 16. The summed E-state index contributed by atoms with van der Waals surface area (Å²) in [6.07, 6.45) is 27.9. The highest BCUT2D eigenvalue weighted by Gasteiger charge is 2.45. The van der Waals surface area contributed by atoms with Gasteiger partial charge >= 0.3 is 0 Å². The van der Waals surface area contributed by atoms with Crippen molar-refractivity contribution in [2.75, 3.05) is 19.6 Å². The van der Waals surface area contributed by atoms with Crippen LogP contribution in [0.1, 0.15) is 178 Å². The third kappa shape index (κ3) is 10.8. The molecule has 36 rings (SSSR count). The molecule has 0 spiro atoms. The molecule has 0 fully saturated rings. The van der Waals surface area contributed by atoms with Crippen molar-refractivity contribution in [1.82, 2.24) is 19.9 Å². The highest BCUT2D eigenvalue weighted by atomic mass is 15.2. The highest BCUT2D eigenvalue weighted by molar-refractivity contribution is 6.02. The van der Waals surface area contributed by atoms with Crippen LogP contribution in [0.2, 0.25) is 0 Å². The van der Waals surface area contributed by atoms with Crippen molar-refractivity contribution < 1.29 is 0 Å². The van der Waals surface area contributed by atoms with Gasteiger partial charge in [-0.3, -0.25) is 19.9 Å². The first-order chi connectivity index (χ1) is 69.3. The quantitative estimate of drug-likeness (QED) is 0.149. The molecule has 12 heterocycles. The molecule has 0 amide bonds. The Bertz CT molecular complexity index is 8510. The Morgan fingerprint density at radius 1 is 0.150 bits per heavy atom. The maximum absolute atomic E-state index is 4.94. The molecule has 8 nitrogen and oxygen atoms in total. The van der Waals surface area contributed by atoms with Crippen molar-refractivity contribution in [2.24, 2.45) is 0 Å². The monoisotopic (exact) mass is 1780 g/mol. The first-order valence-corrected chi connectivity index (χ1v) is 50.3. The zero-order chi connectivity index (χ0) is 90.7. The largest absolute Gasteiger partial charge is 0.309 e. The van der Waals surface area contributed by atoms with E-state index in [1.165, 1.54) is 330 Å². The lowest BCUT2D eigenvalue weighted by molar-refractivity contribution is 0.955. The molecule has 16 aromatic carbocycles. The summed E-state index contributed by atoms with van der Waals surface area (Å²) >= 11 is 0. The van der Waals surface area contributed by atoms with E-state index in [-0.39, 0.29) is 0 Å². The molecule has 0 unspecified atom stereocenters. The van der Waals surface area contributed by atoms with Crippen LogP contribution in [0.5, 0.6) is 0 Å². The summed E-state index contributed by atoms with van der Waals surface area (Å²) in [5.74, 6) is 1.10. The Morgan fingerprint density at radius 3 is 0.907 bits per heavy atom. The van der Waals surface area contributed by atoms with Crippen molar-refractivity contribution in [2.45, 2.75) is 103 Å². The first kappa shape index (κ1) is 76.5. The molecule has 4 aromatic heterocycles. The first-order valence-electron chi connectivity index (χ1n) is 50.3. The number of anilines is 12. The van der Waals surface area contributed by atoms with Gasteiger partial charge in [-0.2, -0.15) is 0 Å². The van der Waals surface area contributed by atoms with Gasteiger partial charge < -0.3 is 14.7 Å². The number of pyridine rings is 4. The molecule has 0 saturated heterocycles. The van der Waals surface area contributed by atoms with E-state index >= 15 is 0 Å². The number of rotatable bonds is 0. The Morgan fingerprint density at radius 2 is 0.450 bits per heavy atom. The maximum atomic E-state index is 4.94. The Kier molecular flexibility index (Phi) is 15.6. The highest BCUT2D eigenvalue weighted by Crippen LogP contribution is 2.63. The van der Waals surface area contributed by atoms with E-state index in [9.17, 15) is 0 Å². The molecule has 0 saturated carbocycles. The van der Waals surface area contributed by atoms with Gasteiger partial charge in [-0.15, -0.1) is 0 Å². The molecule has 20 aromatic rings. The zero-order valence-electron chi connectivity index (χ0n) is 77.2. The van der Waals surface area contributed by atoms with Crippen LogP contribution >= 0.6 is 0 Å². The molecular formula is C132H88N8. The molecule has 656 valence electrons. The average molecular weight is 1790 g/mol. The van der Waals surface area contributed by atoms with Crippen LogP contribution in [0.4, 0.5) is 68.4 Å². The number of hydrogen-bond donors (Lipinski definition) is 0. The van der Waals surface area contributed by atoms with E-state index < -0.39 is 0 Å². The van der Waals surface area contributed by atoms with E-state index in [0.29, 0.717) is 0 Å². The molecule has 140 heavy (non-hydrogen) atoms. The summed E-state index contributed by atoms with van der Waals surface area (Å²) in [6, 6.07) is 114. The molecule has 0 N–H and O–H groups in total. The average Bonchev–Trinajstić information content (AvgIpc) is 1.45. The van der Waals surface area contributed by atoms with Crippen molar-refractivity contribution >= 4 is 68.4 Å². The number of hydrogen-bond acceptors (Lipinski definition) is 8. The van der Waals surface area contributed by atoms with E-state index in [0.717, 1.165) is 109 Å². The normalized spacial score (nSPS) is 14.9. The third-order valence-corrected chi connectivity index (χ3v) is 34.3. The van der Waals surface area contributed by atoms with Crippen molar-refractivity contribution in [1.29, 1.82) is 0 Å². The number of nitrogens with zero attached hydrogens (tertiary/aromatic N) is 8. The SMILES string of the molecule is c1ccc2c(c1)Cc1cc3c(cc1-2)Cc1c2c(cc4c1N3c1ncccc1C4)-c1ccccc1C2.c1ccc2c(c1)Cc1cc3c(cc1-2)N1c2cccnc2Cc2c4c(cc(c21)C3)-c1ccccc1C4.c1ccc2c(c1)Cc1cc3c(cc1-2)N1c2ccncc2Cc2c4c(cc(c21)C3)-c1ccccc1C4.c1ccc2c(c1)Cc1cc3c(cc1-2)N1c2cnccc2Cc2c4c(cc(c21)C3)-c1ccccc1C4. The fraction of sp³-hybridized carbons (Fsp3) is 0.121. The fourth-order valence-electron chi connectivity index (χ4n) is 28.4. The lowest BCUT2D eigenvalue weighted by Crippen LogP contribution is -2.26. The summed E-state index contributed by atoms with van der Waals surface area (Å²) in [4.78, 5) is 29.1. The Hall–Kier alpha value is -16.7.